The van der Waals surface area contributed by atoms with Gasteiger partial charge in [-0.05, 0) is 42.8 Å². The first-order valence-electron chi connectivity index (χ1n) is 10.7. The number of nitrogens with one attached hydrogen (secondary N) is 1. The molecule has 0 fully saturated rings. The molecule has 0 saturated heterocycles. The second-order valence-electron chi connectivity index (χ2n) is 7.79. The van der Waals surface area contributed by atoms with Crippen LogP contribution in [0.5, 0.6) is 11.6 Å². The molecule has 190 valence electrons. The average Bonchev–Trinajstić information content (AvgIpc) is 3.28. The lowest BCUT2D eigenvalue weighted by Gasteiger charge is -2.09. The summed E-state index contributed by atoms with van der Waals surface area (Å²) in [4.78, 5) is 12.8. The maximum absolute atomic E-state index is 14.9. The molecule has 0 amide bonds. The van der Waals surface area contributed by atoms with Gasteiger partial charge in [-0.2, -0.15) is 13.5 Å². The Hall–Kier alpha value is -3.81. The number of benzene rings is 3. The van der Waals surface area contributed by atoms with E-state index in [9.17, 15) is 21.6 Å². The number of sulfonamides is 1. The number of aryl methyl sites for hydroxylation is 1. The third-order valence-electron chi connectivity index (χ3n) is 5.17. The van der Waals surface area contributed by atoms with E-state index in [2.05, 4.69) is 24.4 Å². The standard InChI is InChI=1S/C24H17F3N4O4S2/c1-13-7-16(21-18(8-13)30-20(11-28-21)35-24(26)27)23-31-22-17(25)9-14(10-19(22)36-23)34-12-29-37(32,33)15-5-3-2-4-6-15/h2-11,24,29H,12H2,1H3. The fourth-order valence-electron chi connectivity index (χ4n) is 3.60. The van der Waals surface area contributed by atoms with E-state index >= 15 is 0 Å². The summed E-state index contributed by atoms with van der Waals surface area (Å²) >= 11 is 1.16. The molecule has 37 heavy (non-hydrogen) atoms. The van der Waals surface area contributed by atoms with Gasteiger partial charge in [0.25, 0.3) is 0 Å². The van der Waals surface area contributed by atoms with E-state index in [0.29, 0.717) is 26.3 Å². The van der Waals surface area contributed by atoms with Gasteiger partial charge in [-0.25, -0.2) is 27.8 Å². The molecule has 3 aromatic carbocycles. The molecule has 0 bridgehead atoms. The van der Waals surface area contributed by atoms with E-state index in [1.165, 1.54) is 12.1 Å². The molecule has 0 spiro atoms. The fraction of sp³-hybridized carbons (Fsp3) is 0.125. The first-order valence-corrected chi connectivity index (χ1v) is 13.0. The number of fused-ring (bicyclic) bond motifs is 2. The van der Waals surface area contributed by atoms with E-state index in [1.807, 2.05) is 0 Å². The van der Waals surface area contributed by atoms with E-state index in [0.717, 1.165) is 29.2 Å². The van der Waals surface area contributed by atoms with Crippen molar-refractivity contribution in [3.05, 3.63) is 72.2 Å². The van der Waals surface area contributed by atoms with Gasteiger partial charge in [-0.1, -0.05) is 18.2 Å². The van der Waals surface area contributed by atoms with Crippen molar-refractivity contribution in [2.75, 3.05) is 6.73 Å². The Bertz CT molecular complexity index is 1710. The van der Waals surface area contributed by atoms with Gasteiger partial charge in [-0.3, -0.25) is 0 Å². The van der Waals surface area contributed by atoms with Crippen molar-refractivity contribution in [3.8, 4) is 22.2 Å². The minimum atomic E-state index is -3.79. The highest BCUT2D eigenvalue weighted by Gasteiger charge is 2.18. The Labute approximate surface area is 212 Å². The molecule has 2 heterocycles. The second-order valence-corrected chi connectivity index (χ2v) is 10.6. The zero-order chi connectivity index (χ0) is 26.2. The Morgan fingerprint density at radius 2 is 1.84 bits per heavy atom. The lowest BCUT2D eigenvalue weighted by molar-refractivity contribution is -0.0528. The fourth-order valence-corrected chi connectivity index (χ4v) is 5.52. The minimum absolute atomic E-state index is 0.0775. The number of rotatable bonds is 8. The number of halogens is 3. The molecule has 2 aromatic heterocycles. The van der Waals surface area contributed by atoms with Crippen LogP contribution in [0.4, 0.5) is 13.2 Å². The van der Waals surface area contributed by atoms with E-state index < -0.39 is 29.2 Å². The molecule has 5 aromatic rings. The van der Waals surface area contributed by atoms with Crippen LogP contribution < -0.4 is 14.2 Å². The van der Waals surface area contributed by atoms with Gasteiger partial charge in [0, 0.05) is 11.6 Å². The largest absolute Gasteiger partial charge is 0.477 e. The van der Waals surface area contributed by atoms with E-state index in [-0.39, 0.29) is 22.0 Å². The van der Waals surface area contributed by atoms with Crippen LogP contribution in [0.2, 0.25) is 0 Å². The SMILES string of the molecule is Cc1cc(-c2nc3c(F)cc(OCNS(=O)(=O)c4ccccc4)cc3s2)c2ncc(OC(F)F)nc2c1. The minimum Gasteiger partial charge on any atom is -0.477 e. The molecule has 0 unspecified atom stereocenters. The van der Waals surface area contributed by atoms with Gasteiger partial charge in [0.1, 0.15) is 16.3 Å². The number of alkyl halides is 2. The topological polar surface area (TPSA) is 103 Å². The third kappa shape index (κ3) is 5.33. The summed E-state index contributed by atoms with van der Waals surface area (Å²) in [5, 5.41) is 0.432. The quantitative estimate of drug-likeness (QED) is 0.265. The van der Waals surface area contributed by atoms with Gasteiger partial charge in [-0.15, -0.1) is 11.3 Å². The summed E-state index contributed by atoms with van der Waals surface area (Å²) in [6.45, 7) is -1.65. The van der Waals surface area contributed by atoms with Crippen LogP contribution in [0.15, 0.2) is 65.7 Å². The lowest BCUT2D eigenvalue weighted by Crippen LogP contribution is -2.27. The summed E-state index contributed by atoms with van der Waals surface area (Å²) in [6, 6.07) is 13.9. The number of hydrogen-bond acceptors (Lipinski definition) is 8. The normalized spacial score (nSPS) is 11.9. The zero-order valence-electron chi connectivity index (χ0n) is 19.0. The monoisotopic (exact) mass is 546 g/mol. The molecular weight excluding hydrogens is 529 g/mol. The summed E-state index contributed by atoms with van der Waals surface area (Å²) in [5.41, 5.74) is 2.11. The van der Waals surface area contributed by atoms with Gasteiger partial charge in [0.2, 0.25) is 15.9 Å². The third-order valence-corrected chi connectivity index (χ3v) is 7.60. The van der Waals surface area contributed by atoms with Crippen LogP contribution in [-0.4, -0.2) is 36.7 Å². The van der Waals surface area contributed by atoms with Gasteiger partial charge < -0.3 is 9.47 Å². The van der Waals surface area contributed by atoms with Crippen LogP contribution in [0, 0.1) is 12.7 Å². The maximum atomic E-state index is 14.9. The molecule has 0 saturated carbocycles. The highest BCUT2D eigenvalue weighted by molar-refractivity contribution is 7.89. The molecular formula is C24H17F3N4O4S2. The first-order chi connectivity index (χ1) is 17.7. The Kier molecular flexibility index (Phi) is 6.67. The zero-order valence-corrected chi connectivity index (χ0v) is 20.6. The van der Waals surface area contributed by atoms with Crippen molar-refractivity contribution in [1.29, 1.82) is 0 Å². The molecule has 5 rings (SSSR count). The first kappa shape index (κ1) is 24.9. The van der Waals surface area contributed by atoms with Crippen molar-refractivity contribution in [2.24, 2.45) is 0 Å². The molecule has 0 aliphatic heterocycles. The Morgan fingerprint density at radius 1 is 1.05 bits per heavy atom. The summed E-state index contributed by atoms with van der Waals surface area (Å²) in [7, 11) is -3.79. The maximum Gasteiger partial charge on any atom is 0.388 e. The number of hydrogen-bond donors (Lipinski definition) is 1. The summed E-state index contributed by atoms with van der Waals surface area (Å²) < 4.78 is 77.3. The van der Waals surface area contributed by atoms with Crippen molar-refractivity contribution >= 4 is 42.6 Å². The molecule has 0 radical (unpaired) electrons. The summed E-state index contributed by atoms with van der Waals surface area (Å²) in [6.07, 6.45) is 1.09. The van der Waals surface area contributed by atoms with Gasteiger partial charge >= 0.3 is 6.61 Å². The molecule has 0 aliphatic carbocycles. The molecule has 0 aliphatic rings. The van der Waals surface area contributed by atoms with Gasteiger partial charge in [0.15, 0.2) is 12.5 Å². The highest BCUT2D eigenvalue weighted by atomic mass is 32.2. The smallest absolute Gasteiger partial charge is 0.388 e. The number of nitrogens with zero attached hydrogens (tertiary/aromatic N) is 3. The predicted octanol–water partition coefficient (Wildman–Crippen LogP) is 5.27. The van der Waals surface area contributed by atoms with Crippen LogP contribution in [0.25, 0.3) is 31.8 Å². The number of ether oxygens (including phenoxy) is 2. The molecule has 0 atom stereocenters. The van der Waals surface area contributed by atoms with Crippen LogP contribution in [0.3, 0.4) is 0 Å². The molecule has 13 heteroatoms. The predicted molar refractivity (Wildman–Crippen MR) is 132 cm³/mol. The number of thiazole rings is 1. The van der Waals surface area contributed by atoms with Crippen LogP contribution in [0.1, 0.15) is 5.56 Å². The van der Waals surface area contributed by atoms with Crippen LogP contribution in [-0.2, 0) is 10.0 Å². The van der Waals surface area contributed by atoms with Crippen molar-refractivity contribution in [3.63, 3.8) is 0 Å². The highest BCUT2D eigenvalue weighted by Crippen LogP contribution is 2.37. The Morgan fingerprint density at radius 3 is 2.59 bits per heavy atom. The lowest BCUT2D eigenvalue weighted by atomic mass is 10.1. The van der Waals surface area contributed by atoms with Gasteiger partial charge in [0.05, 0.1) is 26.8 Å². The van der Waals surface area contributed by atoms with E-state index in [1.54, 1.807) is 43.3 Å². The Balaban J connectivity index is 1.43. The molecule has 1 N–H and O–H groups in total. The second kappa shape index (κ2) is 9.92. The number of aromatic nitrogens is 3. The summed E-state index contributed by atoms with van der Waals surface area (Å²) in [5.74, 6) is -0.866. The van der Waals surface area contributed by atoms with Crippen molar-refractivity contribution in [1.82, 2.24) is 19.7 Å². The average molecular weight is 547 g/mol. The van der Waals surface area contributed by atoms with Crippen molar-refractivity contribution in [2.45, 2.75) is 18.4 Å². The molecule has 8 nitrogen and oxygen atoms in total. The van der Waals surface area contributed by atoms with E-state index in [4.69, 9.17) is 4.74 Å². The van der Waals surface area contributed by atoms with Crippen molar-refractivity contribution < 1.29 is 31.1 Å². The van der Waals surface area contributed by atoms with Crippen LogP contribution >= 0.6 is 11.3 Å².